The molecular weight excluding hydrogens is 272 g/mol. The highest BCUT2D eigenvalue weighted by Gasteiger charge is 2.27. The Morgan fingerprint density at radius 2 is 1.82 bits per heavy atom. The maximum Gasteiger partial charge on any atom is 0.253 e. The third-order valence-corrected chi connectivity index (χ3v) is 4.59. The van der Waals surface area contributed by atoms with E-state index in [1.54, 1.807) is 0 Å². The Bertz CT molecular complexity index is 706. The zero-order valence-electron chi connectivity index (χ0n) is 12.6. The maximum absolute atomic E-state index is 12.2. The van der Waals surface area contributed by atoms with E-state index in [1.807, 2.05) is 18.2 Å². The number of rotatable bonds is 3. The Balaban J connectivity index is 1.68. The van der Waals surface area contributed by atoms with Crippen LogP contribution < -0.4 is 10.2 Å². The van der Waals surface area contributed by atoms with E-state index in [2.05, 4.69) is 40.5 Å². The van der Waals surface area contributed by atoms with Crippen LogP contribution in [0.15, 0.2) is 48.5 Å². The predicted octanol–water partition coefficient (Wildman–Crippen LogP) is 3.31. The number of anilines is 1. The Kier molecular flexibility index (Phi) is 3.34. The van der Waals surface area contributed by atoms with Crippen LogP contribution in [0.3, 0.4) is 0 Å². The Morgan fingerprint density at radius 3 is 2.68 bits per heavy atom. The molecule has 0 radical (unpaired) electrons. The minimum absolute atomic E-state index is 0.0357. The van der Waals surface area contributed by atoms with Gasteiger partial charge in [0.2, 0.25) is 0 Å². The topological polar surface area (TPSA) is 32.3 Å². The van der Waals surface area contributed by atoms with Gasteiger partial charge in [0.1, 0.15) is 0 Å². The van der Waals surface area contributed by atoms with Crippen molar-refractivity contribution in [1.82, 2.24) is 5.32 Å². The maximum atomic E-state index is 12.2. The van der Waals surface area contributed by atoms with Crippen LogP contribution >= 0.6 is 0 Å². The number of hydrogen-bond acceptors (Lipinski definition) is 2. The summed E-state index contributed by atoms with van der Waals surface area (Å²) in [4.78, 5) is 14.5. The van der Waals surface area contributed by atoms with Gasteiger partial charge in [0.25, 0.3) is 5.91 Å². The van der Waals surface area contributed by atoms with Gasteiger partial charge in [0, 0.05) is 25.3 Å². The highest BCUT2D eigenvalue weighted by molar-refractivity contribution is 6.00. The van der Waals surface area contributed by atoms with Gasteiger partial charge in [-0.25, -0.2) is 0 Å². The van der Waals surface area contributed by atoms with Crippen molar-refractivity contribution in [2.75, 3.05) is 18.0 Å². The van der Waals surface area contributed by atoms with Crippen LogP contribution in [0.4, 0.5) is 5.69 Å². The molecule has 22 heavy (non-hydrogen) atoms. The lowest BCUT2D eigenvalue weighted by molar-refractivity contribution is 0.0958. The molecule has 0 saturated heterocycles. The van der Waals surface area contributed by atoms with Crippen molar-refractivity contribution in [3.63, 3.8) is 0 Å². The molecule has 0 unspecified atom stereocenters. The molecule has 1 saturated carbocycles. The molecule has 0 aromatic heterocycles. The van der Waals surface area contributed by atoms with Crippen LogP contribution in [0, 0.1) is 0 Å². The summed E-state index contributed by atoms with van der Waals surface area (Å²) in [6.45, 7) is 2.42. The van der Waals surface area contributed by atoms with E-state index >= 15 is 0 Å². The Morgan fingerprint density at radius 1 is 1.05 bits per heavy atom. The molecule has 1 amide bonds. The van der Waals surface area contributed by atoms with Crippen LogP contribution in [-0.4, -0.2) is 19.0 Å². The summed E-state index contributed by atoms with van der Waals surface area (Å²) >= 11 is 0. The van der Waals surface area contributed by atoms with Gasteiger partial charge in [-0.05, 0) is 42.0 Å². The van der Waals surface area contributed by atoms with Crippen LogP contribution in [0.2, 0.25) is 0 Å². The van der Waals surface area contributed by atoms with E-state index in [9.17, 15) is 4.79 Å². The lowest BCUT2D eigenvalue weighted by atomic mass is 10.0. The van der Waals surface area contributed by atoms with Crippen LogP contribution in [0.25, 0.3) is 0 Å². The SMILES string of the molecule is O=C1NCCN(Cc2ccccc2C2CC2)c2ccccc21. The smallest absolute Gasteiger partial charge is 0.253 e. The molecule has 4 rings (SSSR count). The normalized spacial score (nSPS) is 17.6. The van der Waals surface area contributed by atoms with Crippen molar-refractivity contribution in [3.05, 3.63) is 65.2 Å². The van der Waals surface area contributed by atoms with E-state index in [4.69, 9.17) is 0 Å². The van der Waals surface area contributed by atoms with E-state index in [1.165, 1.54) is 24.0 Å². The average Bonchev–Trinajstić information content (AvgIpc) is 3.39. The monoisotopic (exact) mass is 292 g/mol. The second kappa shape index (κ2) is 5.48. The Labute approximate surface area is 131 Å². The lowest BCUT2D eigenvalue weighted by Gasteiger charge is -2.25. The van der Waals surface area contributed by atoms with E-state index < -0.39 is 0 Å². The minimum Gasteiger partial charge on any atom is -0.365 e. The summed E-state index contributed by atoms with van der Waals surface area (Å²) in [5.74, 6) is 0.784. The average molecular weight is 292 g/mol. The van der Waals surface area contributed by atoms with E-state index in [0.29, 0.717) is 6.54 Å². The number of nitrogens with zero attached hydrogens (tertiary/aromatic N) is 1. The first-order valence-corrected chi connectivity index (χ1v) is 8.03. The number of fused-ring (bicyclic) bond motifs is 1. The van der Waals surface area contributed by atoms with Gasteiger partial charge >= 0.3 is 0 Å². The van der Waals surface area contributed by atoms with Gasteiger partial charge in [-0.2, -0.15) is 0 Å². The van der Waals surface area contributed by atoms with Crippen molar-refractivity contribution in [2.24, 2.45) is 0 Å². The fourth-order valence-electron chi connectivity index (χ4n) is 3.30. The molecule has 112 valence electrons. The summed E-state index contributed by atoms with van der Waals surface area (Å²) in [5, 5.41) is 2.99. The zero-order valence-corrected chi connectivity index (χ0v) is 12.6. The van der Waals surface area contributed by atoms with Gasteiger partial charge in [0.15, 0.2) is 0 Å². The molecule has 2 aromatic carbocycles. The fourth-order valence-corrected chi connectivity index (χ4v) is 3.30. The van der Waals surface area contributed by atoms with Gasteiger partial charge in [-0.3, -0.25) is 4.79 Å². The van der Waals surface area contributed by atoms with Crippen LogP contribution in [0.5, 0.6) is 0 Å². The lowest BCUT2D eigenvalue weighted by Crippen LogP contribution is -2.30. The van der Waals surface area contributed by atoms with Crippen molar-refractivity contribution >= 4 is 11.6 Å². The van der Waals surface area contributed by atoms with E-state index in [0.717, 1.165) is 30.3 Å². The number of amides is 1. The molecule has 2 aliphatic rings. The first-order chi connectivity index (χ1) is 10.8. The van der Waals surface area contributed by atoms with Crippen molar-refractivity contribution < 1.29 is 4.79 Å². The van der Waals surface area contributed by atoms with Crippen LogP contribution in [0.1, 0.15) is 40.2 Å². The summed E-state index contributed by atoms with van der Waals surface area (Å²) in [5.41, 5.74) is 4.71. The first-order valence-electron chi connectivity index (χ1n) is 8.03. The summed E-state index contributed by atoms with van der Waals surface area (Å²) < 4.78 is 0. The van der Waals surface area contributed by atoms with Crippen molar-refractivity contribution in [2.45, 2.75) is 25.3 Å². The van der Waals surface area contributed by atoms with Gasteiger partial charge in [-0.15, -0.1) is 0 Å². The Hall–Kier alpha value is -2.29. The minimum atomic E-state index is 0.0357. The van der Waals surface area contributed by atoms with Crippen molar-refractivity contribution in [3.8, 4) is 0 Å². The molecule has 1 fully saturated rings. The van der Waals surface area contributed by atoms with Gasteiger partial charge < -0.3 is 10.2 Å². The number of para-hydroxylation sites is 1. The summed E-state index contributed by atoms with van der Waals surface area (Å²) in [6.07, 6.45) is 2.63. The zero-order chi connectivity index (χ0) is 14.9. The van der Waals surface area contributed by atoms with Gasteiger partial charge in [-0.1, -0.05) is 36.4 Å². The molecule has 3 nitrogen and oxygen atoms in total. The fraction of sp³-hybridized carbons (Fsp3) is 0.316. The molecule has 0 bridgehead atoms. The summed E-state index contributed by atoms with van der Waals surface area (Å²) in [6, 6.07) is 16.7. The second-order valence-electron chi connectivity index (χ2n) is 6.17. The molecule has 1 N–H and O–H groups in total. The molecule has 1 aliphatic carbocycles. The number of carbonyl (C=O) groups excluding carboxylic acids is 1. The molecule has 1 aliphatic heterocycles. The summed E-state index contributed by atoms with van der Waals surface area (Å²) in [7, 11) is 0. The van der Waals surface area contributed by atoms with Crippen molar-refractivity contribution in [1.29, 1.82) is 0 Å². The number of nitrogens with one attached hydrogen (secondary N) is 1. The molecule has 1 heterocycles. The standard InChI is InChI=1S/C19H20N2O/c22-19-17-7-3-4-8-18(17)21(12-11-20-19)13-15-5-1-2-6-16(15)14-9-10-14/h1-8,14H,9-13H2,(H,20,22). The molecule has 2 aromatic rings. The first kappa shape index (κ1) is 13.4. The van der Waals surface area contributed by atoms with Gasteiger partial charge in [0.05, 0.1) is 5.56 Å². The third kappa shape index (κ3) is 2.47. The molecular formula is C19H20N2O. The molecule has 0 atom stereocenters. The second-order valence-corrected chi connectivity index (χ2v) is 6.17. The quantitative estimate of drug-likeness (QED) is 0.941. The number of hydrogen-bond donors (Lipinski definition) is 1. The third-order valence-electron chi connectivity index (χ3n) is 4.59. The number of carbonyl (C=O) groups is 1. The largest absolute Gasteiger partial charge is 0.365 e. The predicted molar refractivity (Wildman–Crippen MR) is 88.2 cm³/mol. The highest BCUT2D eigenvalue weighted by atomic mass is 16.1. The van der Waals surface area contributed by atoms with E-state index in [-0.39, 0.29) is 5.91 Å². The highest BCUT2D eigenvalue weighted by Crippen LogP contribution is 2.42. The molecule has 0 spiro atoms. The number of benzene rings is 2. The van der Waals surface area contributed by atoms with Crippen LogP contribution in [-0.2, 0) is 6.54 Å². The molecule has 3 heteroatoms.